The molecule has 0 amide bonds. The molecule has 0 heterocycles. The second-order valence-electron chi connectivity index (χ2n) is 13.0. The number of carbonyl (C=O) groups excluding carboxylic acids is 2. The fourth-order valence-corrected chi connectivity index (χ4v) is 5.82. The first-order valence-corrected chi connectivity index (χ1v) is 19.2. The van der Waals surface area contributed by atoms with E-state index in [0.29, 0.717) is 17.4 Å². The normalized spacial score (nSPS) is 14.2. The van der Waals surface area contributed by atoms with Crippen molar-refractivity contribution in [2.75, 3.05) is 47.1 Å². The Labute approximate surface area is 270 Å². The highest BCUT2D eigenvalue weighted by molar-refractivity contribution is 7.52. The highest BCUT2D eigenvalue weighted by atomic mass is 31.2. The molecule has 258 valence electrons. The molecule has 0 fully saturated rings. The van der Waals surface area contributed by atoms with Crippen LogP contribution in [0.25, 0.3) is 0 Å². The van der Waals surface area contributed by atoms with Gasteiger partial charge in [-0.2, -0.15) is 0 Å². The minimum Gasteiger partial charge on any atom is -0.462 e. The molecule has 0 aliphatic carbocycles. The fourth-order valence-electron chi connectivity index (χ4n) is 4.44. The quantitative estimate of drug-likeness (QED) is 0.0274. The fraction of sp³-hybridized carbons (Fsp3) is 0.829. The lowest BCUT2D eigenvalue weighted by atomic mass is 10.1. The van der Waals surface area contributed by atoms with Gasteiger partial charge in [0.25, 0.3) is 0 Å². The number of allylic oxidation sites excluding steroid dienone is 4. The van der Waals surface area contributed by atoms with Crippen LogP contribution in [0.3, 0.4) is 0 Å². The van der Waals surface area contributed by atoms with Crippen LogP contribution in [0.5, 0.6) is 0 Å². The van der Waals surface area contributed by atoms with E-state index < -0.39 is 19.7 Å². The van der Waals surface area contributed by atoms with E-state index in [1.54, 1.807) is 0 Å². The minimum atomic E-state index is -3.87. The highest BCUT2D eigenvalue weighted by Crippen LogP contribution is 2.42. The molecule has 0 aromatic heterocycles. The van der Waals surface area contributed by atoms with Gasteiger partial charge in [0.2, 0.25) is 0 Å². The summed E-state index contributed by atoms with van der Waals surface area (Å²) in [6.45, 7) is 4.38. The molecule has 0 aromatic carbocycles. The van der Waals surface area contributed by atoms with Gasteiger partial charge in [-0.3, -0.25) is 14.2 Å². The Hall–Kier alpha value is -1.47. The third-order valence-corrected chi connectivity index (χ3v) is 8.63. The van der Waals surface area contributed by atoms with Crippen LogP contribution in [0.1, 0.15) is 136 Å². The van der Waals surface area contributed by atoms with Crippen molar-refractivity contribution in [1.29, 1.82) is 0 Å². The lowest BCUT2D eigenvalue weighted by molar-refractivity contribution is -0.867. The zero-order chi connectivity index (χ0) is 32.9. The first kappa shape index (κ1) is 42.5. The summed E-state index contributed by atoms with van der Waals surface area (Å²) < 4.78 is 29.3. The third kappa shape index (κ3) is 30.6. The van der Waals surface area contributed by atoms with Crippen molar-refractivity contribution in [3.05, 3.63) is 24.3 Å². The van der Waals surface area contributed by atoms with Crippen LogP contribution in [0, 0.1) is 0 Å². The summed E-state index contributed by atoms with van der Waals surface area (Å²) in [5.74, 6) is -0.761. The molecule has 0 radical (unpaired) electrons. The zero-order valence-electron chi connectivity index (χ0n) is 28.9. The molecule has 2 unspecified atom stereocenters. The molecule has 9 heteroatoms. The van der Waals surface area contributed by atoms with E-state index in [0.717, 1.165) is 70.6 Å². The average molecular weight is 645 g/mol. The number of nitrogens with zero attached hydrogens (tertiary/aromatic N) is 1. The van der Waals surface area contributed by atoms with Gasteiger partial charge in [0.1, 0.15) is 6.61 Å². The smallest absolute Gasteiger partial charge is 0.333 e. The summed E-state index contributed by atoms with van der Waals surface area (Å²) in [4.78, 5) is 35.0. The molecular formula is C35H67NO7P+. The Morgan fingerprint density at radius 2 is 1.20 bits per heavy atom. The van der Waals surface area contributed by atoms with Gasteiger partial charge in [-0.1, -0.05) is 102 Å². The molecule has 0 aliphatic rings. The van der Waals surface area contributed by atoms with Crippen LogP contribution < -0.4 is 0 Å². The van der Waals surface area contributed by atoms with E-state index in [2.05, 4.69) is 38.2 Å². The number of rotatable bonds is 30. The number of quaternary nitrogens is 1. The van der Waals surface area contributed by atoms with Crippen molar-refractivity contribution in [3.63, 3.8) is 0 Å². The predicted molar refractivity (Wildman–Crippen MR) is 182 cm³/mol. The largest absolute Gasteiger partial charge is 0.462 e. The van der Waals surface area contributed by atoms with Gasteiger partial charge < -0.3 is 23.4 Å². The summed E-state index contributed by atoms with van der Waals surface area (Å²) in [5, 5.41) is 0. The third-order valence-electron chi connectivity index (χ3n) is 7.31. The highest BCUT2D eigenvalue weighted by Gasteiger charge is 2.27. The second-order valence-corrected chi connectivity index (χ2v) is 14.9. The number of carbonyl (C=O) groups is 2. The van der Waals surface area contributed by atoms with Gasteiger partial charge in [-0.05, 0) is 44.9 Å². The van der Waals surface area contributed by atoms with Crippen LogP contribution in [0.2, 0.25) is 0 Å². The molecule has 0 spiro atoms. The van der Waals surface area contributed by atoms with Crippen molar-refractivity contribution in [2.24, 2.45) is 0 Å². The van der Waals surface area contributed by atoms with Gasteiger partial charge >= 0.3 is 19.5 Å². The molecule has 1 N–H and O–H groups in total. The standard InChI is InChI=1S/C35H66NO7P/c1-6-8-10-12-14-15-16-17-18-19-20-21-22-24-25-27-34(37)41-31-33(32-42-44(39,40)30-29-36(3,4)5)43-35(38)28-26-23-13-11-9-7-2/h14-15,17-18,33H,6-13,16,19-32H2,1-5H3/p+1/b15-14+,18-17+. The van der Waals surface area contributed by atoms with E-state index >= 15 is 0 Å². The Balaban J connectivity index is 4.36. The molecule has 0 saturated carbocycles. The number of esters is 2. The Morgan fingerprint density at radius 1 is 0.705 bits per heavy atom. The first-order valence-electron chi connectivity index (χ1n) is 17.4. The maximum atomic E-state index is 12.5. The van der Waals surface area contributed by atoms with Gasteiger partial charge in [-0.15, -0.1) is 0 Å². The van der Waals surface area contributed by atoms with Crippen LogP contribution in [0.15, 0.2) is 24.3 Å². The monoisotopic (exact) mass is 644 g/mol. The molecule has 44 heavy (non-hydrogen) atoms. The molecule has 0 saturated heterocycles. The molecule has 0 bridgehead atoms. The average Bonchev–Trinajstić information content (AvgIpc) is 2.97. The molecule has 0 rings (SSSR count). The van der Waals surface area contributed by atoms with Crippen molar-refractivity contribution in [1.82, 2.24) is 0 Å². The van der Waals surface area contributed by atoms with Gasteiger partial charge in [-0.25, -0.2) is 0 Å². The number of hydrogen-bond donors (Lipinski definition) is 1. The predicted octanol–water partition coefficient (Wildman–Crippen LogP) is 8.91. The summed E-state index contributed by atoms with van der Waals surface area (Å²) in [6, 6.07) is 0. The van der Waals surface area contributed by atoms with Crippen LogP contribution in [-0.2, 0) is 28.2 Å². The molecule has 2 atom stereocenters. The Bertz CT molecular complexity index is 822. The number of unbranched alkanes of at least 4 members (excludes halogenated alkanes) is 13. The minimum absolute atomic E-state index is 0.0124. The van der Waals surface area contributed by atoms with Crippen LogP contribution in [0.4, 0.5) is 0 Å². The molecule has 0 aromatic rings. The van der Waals surface area contributed by atoms with E-state index in [1.165, 1.54) is 38.5 Å². The first-order chi connectivity index (χ1) is 21.0. The number of ether oxygens (including phenoxy) is 2. The van der Waals surface area contributed by atoms with Gasteiger partial charge in [0.15, 0.2) is 6.10 Å². The second kappa shape index (κ2) is 27.8. The summed E-state index contributed by atoms with van der Waals surface area (Å²) in [5.41, 5.74) is 0. The summed E-state index contributed by atoms with van der Waals surface area (Å²) in [6.07, 6.45) is 27.1. The SMILES string of the molecule is CCCCC/C=C/C/C=C/CCCCCCCC(=O)OCC(COP(=O)(O)CC[N+](C)(C)C)OC(=O)CCCCCCCC. The number of hydrogen-bond acceptors (Lipinski definition) is 6. The van der Waals surface area contributed by atoms with E-state index in [-0.39, 0.29) is 31.8 Å². The van der Waals surface area contributed by atoms with Crippen molar-refractivity contribution in [3.8, 4) is 0 Å². The van der Waals surface area contributed by atoms with Crippen molar-refractivity contribution >= 4 is 19.5 Å². The van der Waals surface area contributed by atoms with Gasteiger partial charge in [0.05, 0.1) is 40.5 Å². The maximum absolute atomic E-state index is 12.5. The topological polar surface area (TPSA) is 99.1 Å². The van der Waals surface area contributed by atoms with Crippen molar-refractivity contribution < 1.29 is 37.5 Å². The summed E-state index contributed by atoms with van der Waals surface area (Å²) >= 11 is 0. The lowest BCUT2D eigenvalue weighted by Crippen LogP contribution is -2.37. The van der Waals surface area contributed by atoms with Gasteiger partial charge in [0, 0.05) is 12.8 Å². The van der Waals surface area contributed by atoms with Crippen LogP contribution >= 0.6 is 7.60 Å². The van der Waals surface area contributed by atoms with Crippen molar-refractivity contribution in [2.45, 2.75) is 142 Å². The molecule has 8 nitrogen and oxygen atoms in total. The summed E-state index contributed by atoms with van der Waals surface area (Å²) in [7, 11) is 1.92. The molecule has 0 aliphatic heterocycles. The maximum Gasteiger partial charge on any atom is 0.333 e. The Kier molecular flexibility index (Phi) is 26.9. The Morgan fingerprint density at radius 3 is 1.80 bits per heavy atom. The van der Waals surface area contributed by atoms with Crippen LogP contribution in [-0.4, -0.2) is 74.5 Å². The van der Waals surface area contributed by atoms with E-state index in [9.17, 15) is 19.0 Å². The zero-order valence-corrected chi connectivity index (χ0v) is 29.8. The van der Waals surface area contributed by atoms with E-state index in [4.69, 9.17) is 14.0 Å². The van der Waals surface area contributed by atoms with E-state index in [1.807, 2.05) is 21.1 Å². The lowest BCUT2D eigenvalue weighted by Gasteiger charge is -2.25. The molecular weight excluding hydrogens is 577 g/mol.